The molecule has 0 bridgehead atoms. The number of hydrogen-bond donors (Lipinski definition) is 0. The zero-order valence-electron chi connectivity index (χ0n) is 7.09. The van der Waals surface area contributed by atoms with Gasteiger partial charge in [-0.1, -0.05) is 33.6 Å². The van der Waals surface area contributed by atoms with Gasteiger partial charge in [0.25, 0.3) is 0 Å². The van der Waals surface area contributed by atoms with Gasteiger partial charge < -0.3 is 4.79 Å². The first-order chi connectivity index (χ1) is 6.24. The van der Waals surface area contributed by atoms with E-state index >= 15 is 0 Å². The standard InChI is InChI=1S/C10H10BrClO/c11-9-5-4-8(10(12)7-9)3-1-2-6-13/h4-7H,1-3H2. The van der Waals surface area contributed by atoms with Gasteiger partial charge in [-0.3, -0.25) is 0 Å². The number of carbonyl (C=O) groups is 1. The van der Waals surface area contributed by atoms with Crippen LogP contribution in [0, 0.1) is 0 Å². The van der Waals surface area contributed by atoms with E-state index in [1.807, 2.05) is 18.2 Å². The van der Waals surface area contributed by atoms with Gasteiger partial charge in [-0.2, -0.15) is 0 Å². The average molecular weight is 262 g/mol. The van der Waals surface area contributed by atoms with Crippen LogP contribution in [0.1, 0.15) is 18.4 Å². The van der Waals surface area contributed by atoms with Gasteiger partial charge in [0.2, 0.25) is 0 Å². The number of carbonyl (C=O) groups excluding carboxylic acids is 1. The van der Waals surface area contributed by atoms with Crippen molar-refractivity contribution < 1.29 is 4.79 Å². The SMILES string of the molecule is O=CCCCc1ccc(Br)cc1Cl. The molecule has 0 fully saturated rings. The first-order valence-electron chi connectivity index (χ1n) is 4.11. The Kier molecular flexibility index (Phi) is 4.46. The molecule has 1 nitrogen and oxygen atoms in total. The second-order valence-corrected chi connectivity index (χ2v) is 4.12. The highest BCUT2D eigenvalue weighted by Crippen LogP contribution is 2.22. The quantitative estimate of drug-likeness (QED) is 0.597. The van der Waals surface area contributed by atoms with Gasteiger partial charge in [-0.05, 0) is 30.5 Å². The van der Waals surface area contributed by atoms with Crippen LogP contribution in [0.3, 0.4) is 0 Å². The van der Waals surface area contributed by atoms with Crippen molar-refractivity contribution in [2.45, 2.75) is 19.3 Å². The van der Waals surface area contributed by atoms with Gasteiger partial charge in [0.1, 0.15) is 6.29 Å². The van der Waals surface area contributed by atoms with Crippen LogP contribution >= 0.6 is 27.5 Å². The van der Waals surface area contributed by atoms with Gasteiger partial charge in [-0.25, -0.2) is 0 Å². The molecule has 13 heavy (non-hydrogen) atoms. The molecular formula is C10H10BrClO. The van der Waals surface area contributed by atoms with Crippen LogP contribution in [0.15, 0.2) is 22.7 Å². The largest absolute Gasteiger partial charge is 0.303 e. The Morgan fingerprint density at radius 2 is 2.23 bits per heavy atom. The van der Waals surface area contributed by atoms with Crippen molar-refractivity contribution in [2.75, 3.05) is 0 Å². The lowest BCUT2D eigenvalue weighted by Gasteiger charge is -2.02. The summed E-state index contributed by atoms with van der Waals surface area (Å²) >= 11 is 9.33. The third-order valence-electron chi connectivity index (χ3n) is 1.78. The number of halogens is 2. The zero-order valence-corrected chi connectivity index (χ0v) is 9.44. The van der Waals surface area contributed by atoms with Crippen LogP contribution in [0.5, 0.6) is 0 Å². The van der Waals surface area contributed by atoms with Gasteiger partial charge in [0.05, 0.1) is 0 Å². The molecule has 0 heterocycles. The third-order valence-corrected chi connectivity index (χ3v) is 2.63. The minimum absolute atomic E-state index is 0.604. The van der Waals surface area contributed by atoms with E-state index in [1.54, 1.807) is 0 Å². The number of aldehydes is 1. The Bertz CT molecular complexity index is 299. The van der Waals surface area contributed by atoms with Crippen molar-refractivity contribution in [3.8, 4) is 0 Å². The molecular weight excluding hydrogens is 251 g/mol. The maximum absolute atomic E-state index is 10.1. The molecule has 0 unspecified atom stereocenters. The summed E-state index contributed by atoms with van der Waals surface area (Å²) in [6, 6.07) is 5.82. The second kappa shape index (κ2) is 5.40. The highest BCUT2D eigenvalue weighted by Gasteiger charge is 2.00. The van der Waals surface area contributed by atoms with Crippen molar-refractivity contribution in [1.29, 1.82) is 0 Å². The van der Waals surface area contributed by atoms with Crippen molar-refractivity contribution in [3.63, 3.8) is 0 Å². The molecule has 1 rings (SSSR count). The normalized spacial score (nSPS) is 10.0. The van der Waals surface area contributed by atoms with Gasteiger partial charge in [0.15, 0.2) is 0 Å². The molecule has 0 aliphatic heterocycles. The molecule has 0 atom stereocenters. The maximum atomic E-state index is 10.1. The zero-order chi connectivity index (χ0) is 9.68. The molecule has 0 saturated heterocycles. The minimum Gasteiger partial charge on any atom is -0.303 e. The third kappa shape index (κ3) is 3.49. The highest BCUT2D eigenvalue weighted by molar-refractivity contribution is 9.10. The molecule has 0 aliphatic carbocycles. The highest BCUT2D eigenvalue weighted by atomic mass is 79.9. The summed E-state index contributed by atoms with van der Waals surface area (Å²) in [6.45, 7) is 0. The smallest absolute Gasteiger partial charge is 0.120 e. The molecule has 1 aromatic carbocycles. The summed E-state index contributed by atoms with van der Waals surface area (Å²) in [5, 5.41) is 0.764. The van der Waals surface area contributed by atoms with E-state index in [0.29, 0.717) is 6.42 Å². The molecule has 0 amide bonds. The Balaban J connectivity index is 2.61. The van der Waals surface area contributed by atoms with Gasteiger partial charge in [0, 0.05) is 15.9 Å². The number of benzene rings is 1. The van der Waals surface area contributed by atoms with E-state index in [2.05, 4.69) is 15.9 Å². The molecule has 0 aromatic heterocycles. The molecule has 0 N–H and O–H groups in total. The number of hydrogen-bond acceptors (Lipinski definition) is 1. The summed E-state index contributed by atoms with van der Waals surface area (Å²) in [4.78, 5) is 10.1. The fourth-order valence-corrected chi connectivity index (χ4v) is 1.87. The molecule has 1 aromatic rings. The minimum atomic E-state index is 0.604. The van der Waals surface area contributed by atoms with E-state index in [-0.39, 0.29) is 0 Å². The van der Waals surface area contributed by atoms with E-state index < -0.39 is 0 Å². The van der Waals surface area contributed by atoms with E-state index in [9.17, 15) is 4.79 Å². The first-order valence-corrected chi connectivity index (χ1v) is 5.28. The molecule has 0 spiro atoms. The number of unbranched alkanes of at least 4 members (excludes halogenated alkanes) is 1. The van der Waals surface area contributed by atoms with Crippen molar-refractivity contribution in [2.24, 2.45) is 0 Å². The summed E-state index contributed by atoms with van der Waals surface area (Å²) in [6.07, 6.45) is 3.27. The molecule has 0 saturated carbocycles. The topological polar surface area (TPSA) is 17.1 Å². The fourth-order valence-electron chi connectivity index (χ4n) is 1.10. The Labute approximate surface area is 91.2 Å². The van der Waals surface area contributed by atoms with Crippen LogP contribution in [0.4, 0.5) is 0 Å². The molecule has 0 radical (unpaired) electrons. The fraction of sp³-hybridized carbons (Fsp3) is 0.300. The Morgan fingerprint density at radius 1 is 1.46 bits per heavy atom. The van der Waals surface area contributed by atoms with Crippen LogP contribution < -0.4 is 0 Å². The summed E-state index contributed by atoms with van der Waals surface area (Å²) in [5.41, 5.74) is 1.10. The second-order valence-electron chi connectivity index (χ2n) is 2.79. The van der Waals surface area contributed by atoms with E-state index in [1.165, 1.54) is 0 Å². The van der Waals surface area contributed by atoms with E-state index in [0.717, 1.165) is 34.2 Å². The molecule has 70 valence electrons. The van der Waals surface area contributed by atoms with Crippen molar-refractivity contribution in [3.05, 3.63) is 33.3 Å². The maximum Gasteiger partial charge on any atom is 0.120 e. The van der Waals surface area contributed by atoms with Gasteiger partial charge >= 0.3 is 0 Å². The molecule has 3 heteroatoms. The summed E-state index contributed by atoms with van der Waals surface area (Å²) in [5.74, 6) is 0. The summed E-state index contributed by atoms with van der Waals surface area (Å²) in [7, 11) is 0. The lowest BCUT2D eigenvalue weighted by molar-refractivity contribution is -0.107. The van der Waals surface area contributed by atoms with Crippen LogP contribution in [-0.4, -0.2) is 6.29 Å². The van der Waals surface area contributed by atoms with Crippen LogP contribution in [0.2, 0.25) is 5.02 Å². The lowest BCUT2D eigenvalue weighted by Crippen LogP contribution is -1.87. The predicted octanol–water partition coefficient (Wildman–Crippen LogP) is 3.62. The summed E-state index contributed by atoms with van der Waals surface area (Å²) < 4.78 is 0.983. The van der Waals surface area contributed by atoms with Gasteiger partial charge in [-0.15, -0.1) is 0 Å². The molecule has 0 aliphatic rings. The number of rotatable bonds is 4. The average Bonchev–Trinajstić information content (AvgIpc) is 2.09. The monoisotopic (exact) mass is 260 g/mol. The van der Waals surface area contributed by atoms with E-state index in [4.69, 9.17) is 11.6 Å². The van der Waals surface area contributed by atoms with Crippen LogP contribution in [-0.2, 0) is 11.2 Å². The predicted molar refractivity (Wildman–Crippen MR) is 58.2 cm³/mol. The number of aryl methyl sites for hydroxylation is 1. The van der Waals surface area contributed by atoms with Crippen LogP contribution in [0.25, 0.3) is 0 Å². The van der Waals surface area contributed by atoms with Crippen molar-refractivity contribution in [1.82, 2.24) is 0 Å². The Morgan fingerprint density at radius 3 is 2.85 bits per heavy atom. The van der Waals surface area contributed by atoms with Crippen molar-refractivity contribution >= 4 is 33.8 Å². The first kappa shape index (κ1) is 10.7. The Hall–Kier alpha value is -0.340. The lowest BCUT2D eigenvalue weighted by atomic mass is 10.1.